The van der Waals surface area contributed by atoms with Crippen LogP contribution in [0.3, 0.4) is 0 Å². The van der Waals surface area contributed by atoms with E-state index in [2.05, 4.69) is 93.7 Å². The molecule has 0 spiro atoms. The van der Waals surface area contributed by atoms with E-state index in [4.69, 9.17) is 19.6 Å². The van der Waals surface area contributed by atoms with Crippen LogP contribution in [0.25, 0.3) is 0 Å². The van der Waals surface area contributed by atoms with Crippen LogP contribution in [0.15, 0.2) is 48.5 Å². The van der Waals surface area contributed by atoms with Crippen molar-refractivity contribution in [3.8, 4) is 23.6 Å². The zero-order chi connectivity index (χ0) is 23.9. The fourth-order valence-corrected chi connectivity index (χ4v) is 30.1. The maximum absolute atomic E-state index is 9.12. The zero-order valence-electron chi connectivity index (χ0n) is 18.9. The van der Waals surface area contributed by atoms with E-state index in [-0.39, 0.29) is 11.1 Å². The van der Waals surface area contributed by atoms with E-state index < -0.39 is 13.0 Å². The first-order chi connectivity index (χ1) is 14.8. The normalized spacial score (nSPS) is 24.2. The number of benzene rings is 2. The van der Waals surface area contributed by atoms with Gasteiger partial charge in [-0.25, -0.2) is 0 Å². The van der Waals surface area contributed by atoms with E-state index in [1.165, 1.54) is 0 Å². The summed E-state index contributed by atoms with van der Waals surface area (Å²) in [6, 6.07) is 18.7. The Hall–Kier alpha value is -1.16. The Bertz CT molecular complexity index is 973. The van der Waals surface area contributed by atoms with Gasteiger partial charge in [0, 0.05) is 0 Å². The summed E-state index contributed by atoms with van der Waals surface area (Å²) in [4.78, 5) is 0. The maximum atomic E-state index is 9.12. The van der Waals surface area contributed by atoms with Crippen molar-refractivity contribution < 1.29 is 9.05 Å². The van der Waals surface area contributed by atoms with Gasteiger partial charge in [-0.2, -0.15) is 0 Å². The fraction of sp³-hybridized carbons (Fsp3) is 0.364. The van der Waals surface area contributed by atoms with Gasteiger partial charge < -0.3 is 0 Å². The average molecular weight is 598 g/mol. The van der Waals surface area contributed by atoms with Crippen LogP contribution in [0.5, 0.6) is 11.5 Å². The monoisotopic (exact) mass is 600 g/mol. The van der Waals surface area contributed by atoms with Crippen LogP contribution in [-0.4, -0.2) is 51.1 Å². The van der Waals surface area contributed by atoms with Crippen LogP contribution in [-0.2, 0) is 0 Å². The fourth-order valence-electron chi connectivity index (χ4n) is 3.54. The predicted molar refractivity (Wildman–Crippen MR) is 132 cm³/mol. The summed E-state index contributed by atoms with van der Waals surface area (Å²) in [7, 11) is 0. The Morgan fingerprint density at radius 3 is 1.16 bits per heavy atom. The molecule has 0 amide bonds. The van der Waals surface area contributed by atoms with Gasteiger partial charge in [-0.1, -0.05) is 0 Å². The quantitative estimate of drug-likeness (QED) is 0.328. The molecular weight excluding hydrogens is 572 g/mol. The Kier molecular flexibility index (Phi) is 7.07. The summed E-state index contributed by atoms with van der Waals surface area (Å²) in [5.41, 5.74) is 0.653. The summed E-state index contributed by atoms with van der Waals surface area (Å²) in [6.07, 6.45) is 0. The molecule has 3 rings (SSSR count). The van der Waals surface area contributed by atoms with Crippen molar-refractivity contribution in [3.05, 3.63) is 59.7 Å². The molecule has 6 nitrogen and oxygen atoms in total. The first-order valence-corrected chi connectivity index (χ1v) is 17.6. The molecule has 1 aliphatic heterocycles. The van der Waals surface area contributed by atoms with E-state index in [1.807, 2.05) is 24.3 Å². The third-order valence-electron chi connectivity index (χ3n) is 4.57. The minimum atomic E-state index is -2.43. The minimum absolute atomic E-state index is 0.265. The molecule has 2 aromatic rings. The molecule has 2 aromatic carbocycles. The molecule has 1 heterocycles. The summed E-state index contributed by atoms with van der Waals surface area (Å²) in [5, 5.41) is 18.2. The van der Waals surface area contributed by atoms with Crippen molar-refractivity contribution in [2.75, 3.05) is 0 Å². The topological polar surface area (TPSA) is 72.5 Å². The zero-order valence-corrected chi connectivity index (χ0v) is 24.2. The molecule has 0 radical (unpaired) electrons. The Morgan fingerprint density at radius 1 is 0.656 bits per heavy atom. The molecule has 32 heavy (non-hydrogen) atoms. The molecular formula is C22H26N4O2P2Se2. The van der Waals surface area contributed by atoms with Crippen molar-refractivity contribution in [2.24, 2.45) is 0 Å². The third-order valence-corrected chi connectivity index (χ3v) is 21.0. The molecule has 0 aromatic heterocycles. The van der Waals surface area contributed by atoms with Crippen LogP contribution in [0.1, 0.15) is 52.7 Å². The van der Waals surface area contributed by atoms with E-state index >= 15 is 0 Å². The Balaban J connectivity index is 2.05. The Morgan fingerprint density at radius 2 is 0.938 bits per heavy atom. The molecule has 0 bridgehead atoms. The van der Waals surface area contributed by atoms with E-state index in [0.717, 1.165) is 0 Å². The van der Waals surface area contributed by atoms with Crippen LogP contribution in [0.4, 0.5) is 0 Å². The molecule has 0 saturated carbocycles. The van der Waals surface area contributed by atoms with Crippen molar-refractivity contribution in [1.29, 1.82) is 10.5 Å². The second-order valence-corrected chi connectivity index (χ2v) is 19.9. The molecule has 1 aliphatic rings. The molecule has 0 unspecified atom stereocenters. The number of hydrogen-bond donors (Lipinski definition) is 0. The number of hydrogen-bond acceptors (Lipinski definition) is 6. The molecule has 168 valence electrons. The standard InChI is InChI=1S/C22H26N4O2P2Se2/c1-21(2,3)25-29(31,27-19-11-7-17(15-23)8-12-19)26(22(4,5)6)30(25,32)28-20-13-9-18(16-24)10-14-20/h7-14H,1-6H3. The molecule has 0 atom stereocenters. The first-order valence-electron chi connectivity index (χ1n) is 9.98. The molecule has 1 fully saturated rings. The summed E-state index contributed by atoms with van der Waals surface area (Å²) in [6.45, 7) is 8.04. The van der Waals surface area contributed by atoms with Crippen LogP contribution in [0.2, 0.25) is 0 Å². The van der Waals surface area contributed by atoms with Crippen LogP contribution < -0.4 is 9.05 Å². The van der Waals surface area contributed by atoms with Gasteiger partial charge in [-0.05, 0) is 0 Å². The van der Waals surface area contributed by atoms with E-state index in [0.29, 0.717) is 22.6 Å². The van der Waals surface area contributed by atoms with Gasteiger partial charge in [0.2, 0.25) is 0 Å². The van der Waals surface area contributed by atoms with Crippen molar-refractivity contribution in [1.82, 2.24) is 8.88 Å². The van der Waals surface area contributed by atoms with Crippen LogP contribution in [0, 0.1) is 22.7 Å². The average Bonchev–Trinajstić information content (AvgIpc) is 2.66. The summed E-state index contributed by atoms with van der Waals surface area (Å²) < 4.78 is 18.0. The van der Waals surface area contributed by atoms with Crippen molar-refractivity contribution >= 4 is 44.1 Å². The van der Waals surface area contributed by atoms with Gasteiger partial charge in [-0.3, -0.25) is 0 Å². The Labute approximate surface area is 207 Å². The van der Waals surface area contributed by atoms with Crippen molar-refractivity contribution in [2.45, 2.75) is 52.6 Å². The van der Waals surface area contributed by atoms with Crippen molar-refractivity contribution in [3.63, 3.8) is 0 Å². The molecule has 0 aliphatic carbocycles. The molecule has 10 heteroatoms. The van der Waals surface area contributed by atoms with Crippen LogP contribution >= 0.6 is 13.0 Å². The van der Waals surface area contributed by atoms with Gasteiger partial charge >= 0.3 is 208 Å². The first kappa shape index (κ1) is 25.5. The van der Waals surface area contributed by atoms with E-state index in [1.54, 1.807) is 24.3 Å². The second kappa shape index (κ2) is 8.89. The number of nitrogens with zero attached hydrogens (tertiary/aromatic N) is 4. The third kappa shape index (κ3) is 4.72. The summed E-state index contributed by atoms with van der Waals surface area (Å²) >= 11 is 6.80. The predicted octanol–water partition coefficient (Wildman–Crippen LogP) is 5.79. The van der Waals surface area contributed by atoms with Gasteiger partial charge in [0.15, 0.2) is 0 Å². The second-order valence-electron chi connectivity index (χ2n) is 9.36. The number of nitriles is 2. The number of rotatable bonds is 4. The molecule has 0 N–H and O–H groups in total. The summed E-state index contributed by atoms with van der Waals surface area (Å²) in [5.74, 6) is 1.40. The van der Waals surface area contributed by atoms with Gasteiger partial charge in [0.25, 0.3) is 0 Å². The van der Waals surface area contributed by atoms with Gasteiger partial charge in [0.05, 0.1) is 0 Å². The van der Waals surface area contributed by atoms with E-state index in [9.17, 15) is 0 Å². The van der Waals surface area contributed by atoms with Gasteiger partial charge in [-0.15, -0.1) is 0 Å². The van der Waals surface area contributed by atoms with Gasteiger partial charge in [0.1, 0.15) is 0 Å². The SMILES string of the molecule is CC(C)(C)N1[P+]([Se-])(Oc2ccc(C#N)cc2)N(C(C)(C)C)[P+]1([Se-])Oc1ccc(C#N)cc1. The molecule has 1 saturated heterocycles.